The Labute approximate surface area is 217 Å². The molecule has 1 amide bonds. The monoisotopic (exact) mass is 501 g/mol. The predicted octanol–water partition coefficient (Wildman–Crippen LogP) is 3.07. The Hall–Kier alpha value is -2.74. The Morgan fingerprint density at radius 3 is 2.65 bits per heavy atom. The molecule has 2 unspecified atom stereocenters. The Kier molecular flexibility index (Phi) is 5.14. The SMILES string of the molecule is CO[C@@]12CN(OC(=O)c3ccccc3)C3CC[C@@]4(C1)[C@H]1Cc5ccccc5[C@@]4(CCN1CCC(N)=O)C32. The van der Waals surface area contributed by atoms with E-state index < -0.39 is 0 Å². The summed E-state index contributed by atoms with van der Waals surface area (Å²) in [5.74, 6) is -0.296. The van der Waals surface area contributed by atoms with Gasteiger partial charge in [-0.25, -0.2) is 4.79 Å². The highest BCUT2D eigenvalue weighted by Crippen LogP contribution is 2.77. The van der Waals surface area contributed by atoms with Crippen molar-refractivity contribution in [3.63, 3.8) is 0 Å². The quantitative estimate of drug-likeness (QED) is 0.655. The maximum atomic E-state index is 13.1. The van der Waals surface area contributed by atoms with Crippen molar-refractivity contribution in [3.05, 3.63) is 71.3 Å². The zero-order chi connectivity index (χ0) is 25.4. The van der Waals surface area contributed by atoms with E-state index in [1.807, 2.05) is 30.4 Å². The maximum Gasteiger partial charge on any atom is 0.357 e. The number of fused-ring (bicyclic) bond motifs is 1. The number of hydrogen-bond donors (Lipinski definition) is 1. The van der Waals surface area contributed by atoms with Gasteiger partial charge in [0.25, 0.3) is 0 Å². The molecule has 2 heterocycles. The van der Waals surface area contributed by atoms with E-state index in [-0.39, 0.29) is 40.3 Å². The van der Waals surface area contributed by atoms with Crippen molar-refractivity contribution in [2.75, 3.05) is 26.7 Å². The van der Waals surface area contributed by atoms with Gasteiger partial charge in [-0.1, -0.05) is 42.5 Å². The highest BCUT2D eigenvalue weighted by Gasteiger charge is 2.81. The van der Waals surface area contributed by atoms with Crippen molar-refractivity contribution in [3.8, 4) is 0 Å². The number of nitrogens with zero attached hydrogens (tertiary/aromatic N) is 2. The number of ether oxygens (including phenoxy) is 1. The van der Waals surface area contributed by atoms with Crippen molar-refractivity contribution in [1.29, 1.82) is 0 Å². The number of nitrogens with two attached hydrogens (primary N) is 1. The van der Waals surface area contributed by atoms with Crippen LogP contribution < -0.4 is 5.73 Å². The van der Waals surface area contributed by atoms with Gasteiger partial charge in [0, 0.05) is 37.5 Å². The molecule has 2 aromatic rings. The summed E-state index contributed by atoms with van der Waals surface area (Å²) >= 11 is 0. The minimum absolute atomic E-state index is 0.0391. The number of methoxy groups -OCH3 is 1. The maximum absolute atomic E-state index is 13.1. The lowest BCUT2D eigenvalue weighted by Crippen LogP contribution is -2.69. The van der Waals surface area contributed by atoms with Gasteiger partial charge in [0.2, 0.25) is 5.91 Å². The number of primary amides is 1. The summed E-state index contributed by atoms with van der Waals surface area (Å²) in [4.78, 5) is 33.5. The predicted molar refractivity (Wildman–Crippen MR) is 137 cm³/mol. The number of likely N-dealkylation sites (tertiary alicyclic amines) is 1. The number of rotatable bonds is 6. The van der Waals surface area contributed by atoms with E-state index in [1.54, 1.807) is 12.1 Å². The standard InChI is InChI=1S/C30H35N3O4/c1-36-29-18-28-13-11-23(33(19-29)37-27(35)20-7-3-2-4-8-20)26(29)30(28)14-16-32(15-12-25(31)34)24(28)17-21-9-5-6-10-22(21)30/h2-10,23-24,26H,11-19H2,1H3,(H2,31,34)/t23?,24-,26?,28-,29-,30+/m1/s1. The van der Waals surface area contributed by atoms with E-state index in [0.717, 1.165) is 45.2 Å². The first-order valence-corrected chi connectivity index (χ1v) is 13.6. The van der Waals surface area contributed by atoms with Gasteiger partial charge in [0.05, 0.1) is 23.8 Å². The summed E-state index contributed by atoms with van der Waals surface area (Å²) in [7, 11) is 1.85. The third kappa shape index (κ3) is 2.99. The second-order valence-corrected chi connectivity index (χ2v) is 11.9. The van der Waals surface area contributed by atoms with Crippen LogP contribution in [0.1, 0.15) is 53.6 Å². The molecule has 7 nitrogen and oxygen atoms in total. The molecule has 4 bridgehead atoms. The van der Waals surface area contributed by atoms with Gasteiger partial charge in [-0.3, -0.25) is 9.69 Å². The fourth-order valence-electron chi connectivity index (χ4n) is 9.64. The number of hydroxylamine groups is 2. The highest BCUT2D eigenvalue weighted by atomic mass is 16.7. The molecule has 0 radical (unpaired) electrons. The van der Waals surface area contributed by atoms with Gasteiger partial charge >= 0.3 is 5.97 Å². The first-order chi connectivity index (χ1) is 17.9. The number of piperidine rings is 1. The minimum Gasteiger partial charge on any atom is -0.376 e. The number of hydrogen-bond acceptors (Lipinski definition) is 6. The van der Waals surface area contributed by atoms with Crippen molar-refractivity contribution in [2.24, 2.45) is 17.1 Å². The topological polar surface area (TPSA) is 85.1 Å². The second kappa shape index (κ2) is 8.13. The summed E-state index contributed by atoms with van der Waals surface area (Å²) < 4.78 is 6.53. The Morgan fingerprint density at radius 2 is 1.86 bits per heavy atom. The third-order valence-corrected chi connectivity index (χ3v) is 10.7. The van der Waals surface area contributed by atoms with Crippen molar-refractivity contribution in [1.82, 2.24) is 9.96 Å². The molecule has 194 valence electrons. The third-order valence-electron chi connectivity index (χ3n) is 10.7. The molecule has 37 heavy (non-hydrogen) atoms. The van der Waals surface area contributed by atoms with Gasteiger partial charge in [0.1, 0.15) is 0 Å². The molecule has 2 saturated carbocycles. The second-order valence-electron chi connectivity index (χ2n) is 11.9. The van der Waals surface area contributed by atoms with Crippen LogP contribution in [0.4, 0.5) is 0 Å². The molecule has 2 saturated heterocycles. The normalized spacial score (nSPS) is 37.6. The first-order valence-electron chi connectivity index (χ1n) is 13.6. The molecule has 2 aromatic carbocycles. The Bertz CT molecular complexity index is 1250. The zero-order valence-corrected chi connectivity index (χ0v) is 21.4. The van der Waals surface area contributed by atoms with Crippen LogP contribution in [0, 0.1) is 11.3 Å². The average Bonchev–Trinajstić information content (AvgIpc) is 3.29. The zero-order valence-electron chi connectivity index (χ0n) is 21.4. The number of amides is 1. The lowest BCUT2D eigenvalue weighted by Gasteiger charge is -2.66. The van der Waals surface area contributed by atoms with Crippen molar-refractivity contribution < 1.29 is 19.2 Å². The largest absolute Gasteiger partial charge is 0.376 e. The van der Waals surface area contributed by atoms with Crippen LogP contribution in [0.2, 0.25) is 0 Å². The van der Waals surface area contributed by atoms with Gasteiger partial charge in [-0.2, -0.15) is 0 Å². The van der Waals surface area contributed by atoms with Gasteiger partial charge in [-0.15, -0.1) is 5.06 Å². The van der Waals surface area contributed by atoms with Crippen molar-refractivity contribution >= 4 is 11.9 Å². The summed E-state index contributed by atoms with van der Waals surface area (Å²) in [6.45, 7) is 2.26. The van der Waals surface area contributed by atoms with E-state index in [9.17, 15) is 9.59 Å². The average molecular weight is 502 g/mol. The van der Waals surface area contributed by atoms with Crippen LogP contribution in [-0.4, -0.2) is 66.3 Å². The Morgan fingerprint density at radius 1 is 1.08 bits per heavy atom. The molecule has 0 spiro atoms. The fraction of sp³-hybridized carbons (Fsp3) is 0.533. The smallest absolute Gasteiger partial charge is 0.357 e. The Balaban J connectivity index is 1.31. The lowest BCUT2D eigenvalue weighted by atomic mass is 9.43. The van der Waals surface area contributed by atoms with E-state index >= 15 is 0 Å². The number of carbonyl (C=O) groups is 2. The van der Waals surface area contributed by atoms with Crippen LogP contribution in [-0.2, 0) is 26.2 Å². The van der Waals surface area contributed by atoms with Crippen LogP contribution >= 0.6 is 0 Å². The van der Waals surface area contributed by atoms with Crippen LogP contribution in [0.15, 0.2) is 54.6 Å². The molecule has 4 fully saturated rings. The van der Waals surface area contributed by atoms with Crippen LogP contribution in [0.5, 0.6) is 0 Å². The number of benzene rings is 2. The molecule has 3 aliphatic carbocycles. The van der Waals surface area contributed by atoms with E-state index in [4.69, 9.17) is 15.3 Å². The summed E-state index contributed by atoms with van der Waals surface area (Å²) in [6.07, 6.45) is 5.40. The molecule has 6 atom stereocenters. The molecule has 0 aromatic heterocycles. The molecule has 2 aliphatic heterocycles. The number of carbonyl (C=O) groups excluding carboxylic acids is 2. The van der Waals surface area contributed by atoms with Gasteiger partial charge in [-0.05, 0) is 67.3 Å². The fourth-order valence-corrected chi connectivity index (χ4v) is 9.64. The minimum atomic E-state index is -0.381. The molecule has 5 aliphatic rings. The van der Waals surface area contributed by atoms with Gasteiger partial charge < -0.3 is 15.3 Å². The van der Waals surface area contributed by atoms with E-state index in [1.165, 1.54) is 11.1 Å². The first kappa shape index (κ1) is 23.4. The highest BCUT2D eigenvalue weighted by molar-refractivity contribution is 5.89. The van der Waals surface area contributed by atoms with Crippen LogP contribution in [0.3, 0.4) is 0 Å². The van der Waals surface area contributed by atoms with E-state index in [2.05, 4.69) is 29.2 Å². The lowest BCUT2D eigenvalue weighted by molar-refractivity contribution is -0.172. The molecule has 2 N–H and O–H groups in total. The molecule has 7 heteroatoms. The molecular weight excluding hydrogens is 466 g/mol. The summed E-state index contributed by atoms with van der Waals surface area (Å²) in [5.41, 5.74) is 8.69. The van der Waals surface area contributed by atoms with Crippen LogP contribution in [0.25, 0.3) is 0 Å². The molecule has 7 rings (SSSR count). The van der Waals surface area contributed by atoms with Gasteiger partial charge in [0.15, 0.2) is 0 Å². The van der Waals surface area contributed by atoms with E-state index in [0.29, 0.717) is 24.6 Å². The summed E-state index contributed by atoms with van der Waals surface area (Å²) in [5, 5.41) is 1.97. The summed E-state index contributed by atoms with van der Waals surface area (Å²) in [6, 6.07) is 18.7. The van der Waals surface area contributed by atoms with Crippen molar-refractivity contribution in [2.45, 2.75) is 61.6 Å². The molecular formula is C30H35N3O4.